The summed E-state index contributed by atoms with van der Waals surface area (Å²) in [6.45, 7) is 8.82. The summed E-state index contributed by atoms with van der Waals surface area (Å²) in [4.78, 5) is 0. The Kier molecular flexibility index (Phi) is 4.21. The summed E-state index contributed by atoms with van der Waals surface area (Å²) in [6, 6.07) is 0. The van der Waals surface area contributed by atoms with Crippen LogP contribution in [0.1, 0.15) is 53.4 Å². The minimum Gasteiger partial charge on any atom is -0.363 e. The van der Waals surface area contributed by atoms with Crippen LogP contribution >= 0.6 is 0 Å². The molecule has 1 rings (SSSR count). The van der Waals surface area contributed by atoms with Gasteiger partial charge in [0.2, 0.25) is 0 Å². The number of allylic oxidation sites excluding steroid dienone is 2. The van der Waals surface area contributed by atoms with Gasteiger partial charge in [0, 0.05) is 18.2 Å². The van der Waals surface area contributed by atoms with E-state index < -0.39 is 0 Å². The van der Waals surface area contributed by atoms with Crippen LogP contribution in [0.25, 0.3) is 0 Å². The monoisotopic (exact) mass is 211 g/mol. The van der Waals surface area contributed by atoms with Crippen LogP contribution in [-0.2, 0) is 4.74 Å². The molecule has 1 N–H and O–H groups in total. The normalized spacial score (nSPS) is 22.7. The number of hydrogen-bond acceptors (Lipinski definition) is 2. The van der Waals surface area contributed by atoms with Gasteiger partial charge >= 0.3 is 0 Å². The van der Waals surface area contributed by atoms with E-state index in [2.05, 4.69) is 33.0 Å². The van der Waals surface area contributed by atoms with Gasteiger partial charge in [-0.05, 0) is 33.1 Å². The van der Waals surface area contributed by atoms with Gasteiger partial charge in [-0.25, -0.2) is 0 Å². The van der Waals surface area contributed by atoms with Crippen molar-refractivity contribution in [3.05, 3.63) is 11.3 Å². The fourth-order valence-corrected chi connectivity index (χ4v) is 2.10. The quantitative estimate of drug-likeness (QED) is 0.703. The second-order valence-corrected chi connectivity index (χ2v) is 5.03. The Balaban J connectivity index is 2.61. The van der Waals surface area contributed by atoms with Crippen molar-refractivity contribution in [1.29, 1.82) is 0 Å². The first-order valence-corrected chi connectivity index (χ1v) is 5.99. The molecule has 0 spiro atoms. The summed E-state index contributed by atoms with van der Waals surface area (Å²) in [6.07, 6.45) is 5.17. The van der Waals surface area contributed by atoms with E-state index >= 15 is 0 Å². The van der Waals surface area contributed by atoms with Gasteiger partial charge in [0.05, 0.1) is 0 Å². The fourth-order valence-electron chi connectivity index (χ4n) is 2.10. The van der Waals surface area contributed by atoms with E-state index in [0.29, 0.717) is 5.41 Å². The van der Waals surface area contributed by atoms with E-state index in [1.165, 1.54) is 30.5 Å². The van der Waals surface area contributed by atoms with Crippen molar-refractivity contribution in [2.45, 2.75) is 59.6 Å². The smallest absolute Gasteiger partial charge is 0.132 e. The van der Waals surface area contributed by atoms with Gasteiger partial charge in [-0.1, -0.05) is 25.8 Å². The zero-order valence-corrected chi connectivity index (χ0v) is 10.8. The highest BCUT2D eigenvalue weighted by Crippen LogP contribution is 2.43. The van der Waals surface area contributed by atoms with Crippen molar-refractivity contribution in [3.8, 4) is 0 Å². The van der Waals surface area contributed by atoms with Crippen LogP contribution in [0.5, 0.6) is 0 Å². The van der Waals surface area contributed by atoms with Crippen molar-refractivity contribution in [2.75, 3.05) is 7.11 Å². The topological polar surface area (TPSA) is 21.3 Å². The molecule has 1 fully saturated rings. The lowest BCUT2D eigenvalue weighted by molar-refractivity contribution is -0.0630. The number of nitrogens with one attached hydrogen (secondary N) is 1. The van der Waals surface area contributed by atoms with Crippen LogP contribution in [0.4, 0.5) is 0 Å². The molecule has 0 radical (unpaired) electrons. The Bertz CT molecular complexity index is 241. The van der Waals surface area contributed by atoms with E-state index in [4.69, 9.17) is 4.74 Å². The largest absolute Gasteiger partial charge is 0.363 e. The van der Waals surface area contributed by atoms with E-state index in [-0.39, 0.29) is 6.23 Å². The third kappa shape index (κ3) is 2.75. The molecule has 0 aromatic carbocycles. The fraction of sp³-hybridized carbons (Fsp3) is 0.846. The summed E-state index contributed by atoms with van der Waals surface area (Å²) in [7, 11) is 1.80. The molecular formula is C13H25NO. The molecule has 1 aliphatic rings. The van der Waals surface area contributed by atoms with E-state index in [0.717, 1.165) is 6.42 Å². The van der Waals surface area contributed by atoms with Gasteiger partial charge in [-0.2, -0.15) is 0 Å². The summed E-state index contributed by atoms with van der Waals surface area (Å²) in [5.74, 6) is 0. The first-order chi connectivity index (χ1) is 7.03. The Morgan fingerprint density at radius 1 is 1.40 bits per heavy atom. The molecule has 1 saturated carbocycles. The Morgan fingerprint density at radius 2 is 2.00 bits per heavy atom. The molecule has 0 bridgehead atoms. The highest BCUT2D eigenvalue weighted by molar-refractivity contribution is 5.09. The van der Waals surface area contributed by atoms with Gasteiger partial charge in [-0.3, -0.25) is 0 Å². The Morgan fingerprint density at radius 3 is 2.33 bits per heavy atom. The maximum atomic E-state index is 5.58. The maximum Gasteiger partial charge on any atom is 0.132 e. The standard InChI is InChI=1S/C13H25NO/c1-6-10(2)11(3)14-12(15-5)13(4)8-7-9-13/h12,14H,6-9H2,1-5H3/b11-10+/t12-/m0/s1. The lowest BCUT2D eigenvalue weighted by atomic mass is 9.69. The second-order valence-electron chi connectivity index (χ2n) is 5.03. The number of hydrogen-bond donors (Lipinski definition) is 1. The van der Waals surface area contributed by atoms with Crippen LogP contribution in [0.3, 0.4) is 0 Å². The van der Waals surface area contributed by atoms with Crippen molar-refractivity contribution in [2.24, 2.45) is 5.41 Å². The molecule has 0 amide bonds. The average Bonchev–Trinajstić information content (AvgIpc) is 2.20. The molecule has 2 nitrogen and oxygen atoms in total. The maximum absolute atomic E-state index is 5.58. The van der Waals surface area contributed by atoms with Gasteiger partial charge < -0.3 is 10.1 Å². The van der Waals surface area contributed by atoms with Crippen LogP contribution in [-0.4, -0.2) is 13.3 Å². The molecule has 0 heterocycles. The summed E-state index contributed by atoms with van der Waals surface area (Å²) < 4.78 is 5.58. The molecule has 1 atom stereocenters. The molecule has 0 aromatic heterocycles. The summed E-state index contributed by atoms with van der Waals surface area (Å²) in [5.41, 5.74) is 3.03. The van der Waals surface area contributed by atoms with Crippen LogP contribution < -0.4 is 5.32 Å². The zero-order chi connectivity index (χ0) is 11.5. The van der Waals surface area contributed by atoms with E-state index in [9.17, 15) is 0 Å². The summed E-state index contributed by atoms with van der Waals surface area (Å²) >= 11 is 0. The molecule has 0 aromatic rings. The molecule has 0 aliphatic heterocycles. The minimum absolute atomic E-state index is 0.174. The van der Waals surface area contributed by atoms with Gasteiger partial charge in [0.25, 0.3) is 0 Å². The Labute approximate surface area is 94.1 Å². The highest BCUT2D eigenvalue weighted by Gasteiger charge is 2.40. The predicted molar refractivity (Wildman–Crippen MR) is 64.6 cm³/mol. The highest BCUT2D eigenvalue weighted by atomic mass is 16.5. The van der Waals surface area contributed by atoms with E-state index in [1.54, 1.807) is 7.11 Å². The van der Waals surface area contributed by atoms with Crippen molar-refractivity contribution >= 4 is 0 Å². The molecule has 1 aliphatic carbocycles. The van der Waals surface area contributed by atoms with Crippen molar-refractivity contribution < 1.29 is 4.74 Å². The van der Waals surface area contributed by atoms with Crippen LogP contribution in [0.15, 0.2) is 11.3 Å². The molecule has 15 heavy (non-hydrogen) atoms. The SMILES string of the molecule is CC/C(C)=C(\C)N[C@@H](OC)C1(C)CCC1. The predicted octanol–water partition coefficient (Wildman–Crippen LogP) is 3.44. The average molecular weight is 211 g/mol. The third-order valence-electron chi connectivity index (χ3n) is 3.88. The van der Waals surface area contributed by atoms with Gasteiger partial charge in [-0.15, -0.1) is 0 Å². The van der Waals surface area contributed by atoms with Crippen LogP contribution in [0, 0.1) is 5.41 Å². The second kappa shape index (κ2) is 5.02. The molecule has 2 heteroatoms. The molecule has 88 valence electrons. The van der Waals surface area contributed by atoms with E-state index in [1.807, 2.05) is 0 Å². The molecular weight excluding hydrogens is 186 g/mol. The number of rotatable bonds is 5. The first kappa shape index (κ1) is 12.6. The lowest BCUT2D eigenvalue weighted by Crippen LogP contribution is -2.48. The van der Waals surface area contributed by atoms with Gasteiger partial charge in [0.15, 0.2) is 0 Å². The summed E-state index contributed by atoms with van der Waals surface area (Å²) in [5, 5.41) is 3.52. The molecule has 0 saturated heterocycles. The van der Waals surface area contributed by atoms with Crippen LogP contribution in [0.2, 0.25) is 0 Å². The number of ether oxygens (including phenoxy) is 1. The zero-order valence-electron chi connectivity index (χ0n) is 10.8. The molecule has 0 unspecified atom stereocenters. The lowest BCUT2D eigenvalue weighted by Gasteiger charge is -2.44. The Hall–Kier alpha value is -0.500. The van der Waals surface area contributed by atoms with Crippen molar-refractivity contribution in [3.63, 3.8) is 0 Å². The third-order valence-corrected chi connectivity index (χ3v) is 3.88. The number of methoxy groups -OCH3 is 1. The van der Waals surface area contributed by atoms with Gasteiger partial charge in [0.1, 0.15) is 6.23 Å². The van der Waals surface area contributed by atoms with Crippen molar-refractivity contribution in [1.82, 2.24) is 5.32 Å². The minimum atomic E-state index is 0.174. The first-order valence-electron chi connectivity index (χ1n) is 5.99.